The van der Waals surface area contributed by atoms with Crippen LogP contribution in [0.2, 0.25) is 0 Å². The summed E-state index contributed by atoms with van der Waals surface area (Å²) in [4.78, 5) is 23.5. The summed E-state index contributed by atoms with van der Waals surface area (Å²) in [6, 6.07) is 0. The normalized spacial score (nSPS) is 23.2. The molecule has 4 nitrogen and oxygen atoms in total. The summed E-state index contributed by atoms with van der Waals surface area (Å²) in [6.45, 7) is 0. The molecule has 0 N–H and O–H groups in total. The molecule has 1 saturated heterocycles. The van der Waals surface area contributed by atoms with Gasteiger partial charge in [0.15, 0.2) is 6.10 Å². The van der Waals surface area contributed by atoms with Crippen molar-refractivity contribution in [2.45, 2.75) is 25.4 Å². The summed E-state index contributed by atoms with van der Waals surface area (Å²) in [5.41, 5.74) is 0. The Balaban J connectivity index is 2.51. The van der Waals surface area contributed by atoms with E-state index < -0.39 is 6.10 Å². The average Bonchev–Trinajstić information content (AvgIpc) is 2.03. The Morgan fingerprint density at radius 1 is 1.58 bits per heavy atom. The van der Waals surface area contributed by atoms with Crippen molar-refractivity contribution in [1.82, 2.24) is 4.90 Å². The fourth-order valence-corrected chi connectivity index (χ4v) is 1.17. The van der Waals surface area contributed by atoms with Crippen LogP contribution in [0.15, 0.2) is 0 Å². The Labute approximate surface area is 71.5 Å². The van der Waals surface area contributed by atoms with Crippen LogP contribution in [-0.2, 0) is 14.3 Å². The van der Waals surface area contributed by atoms with Gasteiger partial charge in [-0.15, -0.1) is 0 Å². The van der Waals surface area contributed by atoms with E-state index in [1.807, 2.05) is 0 Å². The number of hydrogen-bond donors (Lipinski definition) is 0. The molecule has 0 bridgehead atoms. The maximum atomic E-state index is 11.3. The van der Waals surface area contributed by atoms with E-state index in [0.29, 0.717) is 12.8 Å². The smallest absolute Gasteiger partial charge is 0.306 e. The molecule has 1 atom stereocenters. The molecule has 0 aromatic rings. The van der Waals surface area contributed by atoms with Gasteiger partial charge in [-0.3, -0.25) is 9.59 Å². The van der Waals surface area contributed by atoms with E-state index in [2.05, 4.69) is 0 Å². The van der Waals surface area contributed by atoms with Crippen LogP contribution in [0.3, 0.4) is 0 Å². The Morgan fingerprint density at radius 3 is 2.75 bits per heavy atom. The van der Waals surface area contributed by atoms with Crippen molar-refractivity contribution < 1.29 is 14.3 Å². The van der Waals surface area contributed by atoms with Crippen molar-refractivity contribution in [3.05, 3.63) is 0 Å². The summed E-state index contributed by atoms with van der Waals surface area (Å²) in [5, 5.41) is 0. The number of cyclic esters (lactones) is 1. The quantitative estimate of drug-likeness (QED) is 0.528. The largest absolute Gasteiger partial charge is 0.452 e. The summed E-state index contributed by atoms with van der Waals surface area (Å²) in [7, 11) is 3.32. The van der Waals surface area contributed by atoms with Crippen LogP contribution in [0.5, 0.6) is 0 Å². The zero-order valence-corrected chi connectivity index (χ0v) is 7.37. The molecule has 1 aliphatic heterocycles. The minimum Gasteiger partial charge on any atom is -0.452 e. The first-order valence-electron chi connectivity index (χ1n) is 4.02. The summed E-state index contributed by atoms with van der Waals surface area (Å²) in [6.07, 6.45) is 1.31. The molecular weight excluding hydrogens is 158 g/mol. The number of hydrogen-bond acceptors (Lipinski definition) is 3. The molecule has 4 heteroatoms. The first kappa shape index (κ1) is 9.03. The molecular formula is C8H13NO3. The van der Waals surface area contributed by atoms with Crippen LogP contribution in [0.1, 0.15) is 19.3 Å². The van der Waals surface area contributed by atoms with Crippen LogP contribution >= 0.6 is 0 Å². The van der Waals surface area contributed by atoms with Gasteiger partial charge < -0.3 is 9.64 Å². The van der Waals surface area contributed by atoms with Gasteiger partial charge in [0.1, 0.15) is 0 Å². The van der Waals surface area contributed by atoms with E-state index >= 15 is 0 Å². The van der Waals surface area contributed by atoms with Crippen molar-refractivity contribution in [1.29, 1.82) is 0 Å². The van der Waals surface area contributed by atoms with Crippen molar-refractivity contribution in [2.75, 3.05) is 14.1 Å². The van der Waals surface area contributed by atoms with Crippen LogP contribution in [0.4, 0.5) is 0 Å². The van der Waals surface area contributed by atoms with E-state index in [-0.39, 0.29) is 11.9 Å². The number of ether oxygens (including phenoxy) is 1. The summed E-state index contributed by atoms with van der Waals surface area (Å²) < 4.78 is 4.88. The summed E-state index contributed by atoms with van der Waals surface area (Å²) >= 11 is 0. The van der Waals surface area contributed by atoms with E-state index in [1.54, 1.807) is 14.1 Å². The Hall–Kier alpha value is -1.06. The van der Waals surface area contributed by atoms with Gasteiger partial charge in [-0.1, -0.05) is 0 Å². The molecule has 1 rings (SSSR count). The number of carbonyl (C=O) groups excluding carboxylic acids is 2. The fraction of sp³-hybridized carbons (Fsp3) is 0.750. The maximum Gasteiger partial charge on any atom is 0.306 e. The monoisotopic (exact) mass is 171 g/mol. The number of carbonyl (C=O) groups is 2. The summed E-state index contributed by atoms with van der Waals surface area (Å²) in [5.74, 6) is -0.385. The standard InChI is InChI=1S/C8H13NO3/c1-9(2)8(11)6-4-3-5-7(10)12-6/h6H,3-5H2,1-2H3. The molecule has 12 heavy (non-hydrogen) atoms. The van der Waals surface area contributed by atoms with Gasteiger partial charge in [0, 0.05) is 20.5 Å². The third-order valence-electron chi connectivity index (χ3n) is 1.84. The minimum atomic E-state index is -0.541. The van der Waals surface area contributed by atoms with Crippen molar-refractivity contribution in [2.24, 2.45) is 0 Å². The second-order valence-electron chi connectivity index (χ2n) is 3.10. The molecule has 0 saturated carbocycles. The third kappa shape index (κ3) is 1.96. The molecule has 0 spiro atoms. The van der Waals surface area contributed by atoms with Crippen LogP contribution < -0.4 is 0 Å². The van der Waals surface area contributed by atoms with Crippen molar-refractivity contribution >= 4 is 11.9 Å². The first-order chi connectivity index (χ1) is 5.61. The molecule has 68 valence electrons. The predicted molar refractivity (Wildman–Crippen MR) is 42.4 cm³/mol. The molecule has 0 aliphatic carbocycles. The van der Waals surface area contributed by atoms with Gasteiger partial charge in [0.25, 0.3) is 5.91 Å². The second-order valence-corrected chi connectivity index (χ2v) is 3.10. The van der Waals surface area contributed by atoms with Gasteiger partial charge in [-0.25, -0.2) is 0 Å². The van der Waals surface area contributed by atoms with Gasteiger partial charge in [-0.2, -0.15) is 0 Å². The highest BCUT2D eigenvalue weighted by atomic mass is 16.5. The van der Waals surface area contributed by atoms with Crippen LogP contribution in [0, 0.1) is 0 Å². The number of likely N-dealkylation sites (N-methyl/N-ethyl adjacent to an activating group) is 1. The van der Waals surface area contributed by atoms with Gasteiger partial charge in [-0.05, 0) is 12.8 Å². The van der Waals surface area contributed by atoms with E-state index in [4.69, 9.17) is 4.74 Å². The first-order valence-corrected chi connectivity index (χ1v) is 4.02. The lowest BCUT2D eigenvalue weighted by atomic mass is 10.1. The van der Waals surface area contributed by atoms with Crippen molar-refractivity contribution in [3.63, 3.8) is 0 Å². The Kier molecular flexibility index (Phi) is 2.68. The third-order valence-corrected chi connectivity index (χ3v) is 1.84. The number of rotatable bonds is 1. The van der Waals surface area contributed by atoms with Crippen molar-refractivity contribution in [3.8, 4) is 0 Å². The molecule has 1 heterocycles. The lowest BCUT2D eigenvalue weighted by Crippen LogP contribution is -2.39. The molecule has 1 amide bonds. The van der Waals surface area contributed by atoms with Gasteiger partial charge >= 0.3 is 5.97 Å². The fourth-order valence-electron chi connectivity index (χ4n) is 1.17. The number of amides is 1. The SMILES string of the molecule is CN(C)C(=O)C1CCCC(=O)O1. The van der Waals surface area contributed by atoms with Gasteiger partial charge in [0.2, 0.25) is 0 Å². The second kappa shape index (κ2) is 3.56. The predicted octanol–water partition coefficient (Wildman–Crippen LogP) is 0.170. The molecule has 0 aromatic carbocycles. The van der Waals surface area contributed by atoms with Crippen LogP contribution in [-0.4, -0.2) is 37.0 Å². The lowest BCUT2D eigenvalue weighted by molar-refractivity contribution is -0.163. The highest BCUT2D eigenvalue weighted by Gasteiger charge is 2.27. The zero-order chi connectivity index (χ0) is 9.14. The minimum absolute atomic E-state index is 0.122. The van der Waals surface area contributed by atoms with Crippen LogP contribution in [0.25, 0.3) is 0 Å². The van der Waals surface area contributed by atoms with E-state index in [9.17, 15) is 9.59 Å². The maximum absolute atomic E-state index is 11.3. The zero-order valence-electron chi connectivity index (χ0n) is 7.37. The highest BCUT2D eigenvalue weighted by Crippen LogP contribution is 2.15. The Morgan fingerprint density at radius 2 is 2.25 bits per heavy atom. The number of esters is 1. The Bertz CT molecular complexity index is 200. The van der Waals surface area contributed by atoms with Gasteiger partial charge in [0.05, 0.1) is 0 Å². The molecule has 0 aromatic heterocycles. The molecule has 1 aliphatic rings. The molecule has 1 unspecified atom stereocenters. The number of nitrogens with zero attached hydrogens (tertiary/aromatic N) is 1. The topological polar surface area (TPSA) is 46.6 Å². The lowest BCUT2D eigenvalue weighted by Gasteiger charge is -2.23. The highest BCUT2D eigenvalue weighted by molar-refractivity contribution is 5.84. The average molecular weight is 171 g/mol. The molecule has 0 radical (unpaired) electrons. The van der Waals surface area contributed by atoms with E-state index in [1.165, 1.54) is 4.90 Å². The molecule has 1 fully saturated rings. The van der Waals surface area contributed by atoms with E-state index in [0.717, 1.165) is 6.42 Å².